The average Bonchev–Trinajstić information content (AvgIpc) is 3.00. The number of anilines is 2. The molecule has 1 amide bonds. The minimum atomic E-state index is -3.34. The summed E-state index contributed by atoms with van der Waals surface area (Å²) in [6.07, 6.45) is 4.08. The molecule has 136 valence electrons. The van der Waals surface area contributed by atoms with Crippen molar-refractivity contribution in [3.05, 3.63) is 23.8 Å². The molecule has 1 aromatic carbocycles. The van der Waals surface area contributed by atoms with E-state index in [1.165, 1.54) is 10.6 Å². The van der Waals surface area contributed by atoms with Crippen LogP contribution in [-0.2, 0) is 26.0 Å². The van der Waals surface area contributed by atoms with E-state index in [4.69, 9.17) is 5.11 Å². The number of carbonyl (C=O) groups is 2. The molecule has 0 spiro atoms. The highest BCUT2D eigenvalue weighted by atomic mass is 32.2. The standard InChI is InChI=1S/C17H22N2O5S/c1-25(23,24)19-9-8-13-14(6-3-7-15(13)19)18-16(20)11-4-2-5-12(10-11)17(21)22/h3,6-7,11-12H,2,4-5,8-10H2,1H3,(H,18,20)(H,21,22). The summed E-state index contributed by atoms with van der Waals surface area (Å²) in [6, 6.07) is 5.22. The van der Waals surface area contributed by atoms with Crippen LogP contribution in [0.2, 0.25) is 0 Å². The number of amides is 1. The molecule has 8 heteroatoms. The molecule has 1 aromatic rings. The molecule has 2 N–H and O–H groups in total. The van der Waals surface area contributed by atoms with E-state index in [0.29, 0.717) is 43.6 Å². The van der Waals surface area contributed by atoms with Gasteiger partial charge in [-0.05, 0) is 37.8 Å². The van der Waals surface area contributed by atoms with Crippen molar-refractivity contribution in [3.63, 3.8) is 0 Å². The fourth-order valence-electron chi connectivity index (χ4n) is 3.75. The molecule has 0 aromatic heterocycles. The van der Waals surface area contributed by atoms with Gasteiger partial charge in [0.15, 0.2) is 0 Å². The predicted molar refractivity (Wildman–Crippen MR) is 94.0 cm³/mol. The molecule has 0 radical (unpaired) electrons. The van der Waals surface area contributed by atoms with Crippen molar-refractivity contribution in [2.24, 2.45) is 11.8 Å². The third-order valence-electron chi connectivity index (χ3n) is 5.04. The average molecular weight is 366 g/mol. The van der Waals surface area contributed by atoms with Crippen LogP contribution in [0.3, 0.4) is 0 Å². The molecule has 1 saturated carbocycles. The first kappa shape index (κ1) is 17.7. The molecule has 0 saturated heterocycles. The fourth-order valence-corrected chi connectivity index (χ4v) is 4.70. The number of rotatable bonds is 4. The SMILES string of the molecule is CS(=O)(=O)N1CCc2c(NC(=O)C3CCCC(C(=O)O)C3)cccc21. The van der Waals surface area contributed by atoms with Gasteiger partial charge in [0.25, 0.3) is 0 Å². The van der Waals surface area contributed by atoms with E-state index >= 15 is 0 Å². The molecule has 3 rings (SSSR count). The zero-order valence-electron chi connectivity index (χ0n) is 14.1. The topological polar surface area (TPSA) is 104 Å². The first-order chi connectivity index (χ1) is 11.8. The highest BCUT2D eigenvalue weighted by molar-refractivity contribution is 7.92. The van der Waals surface area contributed by atoms with Crippen LogP contribution in [-0.4, -0.2) is 38.2 Å². The maximum absolute atomic E-state index is 12.6. The highest BCUT2D eigenvalue weighted by Crippen LogP contribution is 2.36. The number of aliphatic carboxylic acids is 1. The summed E-state index contributed by atoms with van der Waals surface area (Å²) in [5.74, 6) is -1.82. The molecule has 2 unspecified atom stereocenters. The number of nitrogens with zero attached hydrogens (tertiary/aromatic N) is 1. The van der Waals surface area contributed by atoms with E-state index < -0.39 is 21.9 Å². The predicted octanol–water partition coefficient (Wildman–Crippen LogP) is 1.84. The van der Waals surface area contributed by atoms with Gasteiger partial charge in [-0.25, -0.2) is 8.42 Å². The molecule has 1 aliphatic carbocycles. The van der Waals surface area contributed by atoms with Crippen LogP contribution in [0.25, 0.3) is 0 Å². The number of hydrogen-bond donors (Lipinski definition) is 2. The Balaban J connectivity index is 1.77. The van der Waals surface area contributed by atoms with E-state index in [2.05, 4.69) is 5.32 Å². The van der Waals surface area contributed by atoms with Crippen molar-refractivity contribution >= 4 is 33.3 Å². The minimum Gasteiger partial charge on any atom is -0.481 e. The van der Waals surface area contributed by atoms with E-state index in [9.17, 15) is 18.0 Å². The number of benzene rings is 1. The molecule has 2 aliphatic rings. The molecule has 1 fully saturated rings. The summed E-state index contributed by atoms with van der Waals surface area (Å²) in [7, 11) is -3.34. The summed E-state index contributed by atoms with van der Waals surface area (Å²) in [6.45, 7) is 0.367. The Kier molecular flexibility index (Phi) is 4.73. The van der Waals surface area contributed by atoms with Crippen molar-refractivity contribution in [2.45, 2.75) is 32.1 Å². The molecular formula is C17H22N2O5S. The molecule has 25 heavy (non-hydrogen) atoms. The summed E-state index contributed by atoms with van der Waals surface area (Å²) < 4.78 is 25.1. The van der Waals surface area contributed by atoms with Gasteiger partial charge in [-0.2, -0.15) is 0 Å². The summed E-state index contributed by atoms with van der Waals surface area (Å²) in [5.41, 5.74) is 2.03. The van der Waals surface area contributed by atoms with Gasteiger partial charge in [-0.3, -0.25) is 13.9 Å². The van der Waals surface area contributed by atoms with Gasteiger partial charge in [0.2, 0.25) is 15.9 Å². The molecule has 0 bridgehead atoms. The smallest absolute Gasteiger partial charge is 0.306 e. The van der Waals surface area contributed by atoms with Crippen LogP contribution < -0.4 is 9.62 Å². The lowest BCUT2D eigenvalue weighted by Gasteiger charge is -2.26. The Morgan fingerprint density at radius 3 is 2.64 bits per heavy atom. The maximum atomic E-state index is 12.6. The molecule has 2 atom stereocenters. The molecule has 1 heterocycles. The second-order valence-corrected chi connectivity index (χ2v) is 8.68. The number of carboxylic acids is 1. The second kappa shape index (κ2) is 6.67. The van der Waals surface area contributed by atoms with Crippen LogP contribution in [0.5, 0.6) is 0 Å². The summed E-state index contributed by atoms with van der Waals surface area (Å²) >= 11 is 0. The lowest BCUT2D eigenvalue weighted by atomic mass is 9.81. The Hall–Kier alpha value is -2.09. The largest absolute Gasteiger partial charge is 0.481 e. The van der Waals surface area contributed by atoms with Crippen molar-refractivity contribution in [3.8, 4) is 0 Å². The normalized spacial score (nSPS) is 23.2. The Morgan fingerprint density at radius 1 is 1.24 bits per heavy atom. The van der Waals surface area contributed by atoms with Crippen molar-refractivity contribution in [2.75, 3.05) is 22.4 Å². The van der Waals surface area contributed by atoms with Gasteiger partial charge in [0.1, 0.15) is 0 Å². The number of nitrogens with one attached hydrogen (secondary N) is 1. The summed E-state index contributed by atoms with van der Waals surface area (Å²) in [4.78, 5) is 23.7. The third kappa shape index (κ3) is 3.63. The van der Waals surface area contributed by atoms with Crippen LogP contribution >= 0.6 is 0 Å². The molecular weight excluding hydrogens is 344 g/mol. The summed E-state index contributed by atoms with van der Waals surface area (Å²) in [5, 5.41) is 12.1. The zero-order valence-corrected chi connectivity index (χ0v) is 14.9. The van der Waals surface area contributed by atoms with Gasteiger partial charge in [-0.1, -0.05) is 12.5 Å². The third-order valence-corrected chi connectivity index (χ3v) is 6.22. The van der Waals surface area contributed by atoms with Gasteiger partial charge >= 0.3 is 5.97 Å². The minimum absolute atomic E-state index is 0.183. The van der Waals surface area contributed by atoms with Crippen molar-refractivity contribution in [1.29, 1.82) is 0 Å². The number of carbonyl (C=O) groups excluding carboxylic acids is 1. The second-order valence-electron chi connectivity index (χ2n) is 6.78. The fraction of sp³-hybridized carbons (Fsp3) is 0.529. The van der Waals surface area contributed by atoms with Crippen LogP contribution in [0.1, 0.15) is 31.2 Å². The lowest BCUT2D eigenvalue weighted by molar-refractivity contribution is -0.143. The number of hydrogen-bond acceptors (Lipinski definition) is 4. The van der Waals surface area contributed by atoms with E-state index in [0.717, 1.165) is 12.0 Å². The Labute approximate surface area is 147 Å². The number of fused-ring (bicyclic) bond motifs is 1. The van der Waals surface area contributed by atoms with Gasteiger partial charge in [-0.15, -0.1) is 0 Å². The quantitative estimate of drug-likeness (QED) is 0.846. The zero-order chi connectivity index (χ0) is 18.2. The van der Waals surface area contributed by atoms with E-state index in [-0.39, 0.29) is 11.8 Å². The highest BCUT2D eigenvalue weighted by Gasteiger charge is 2.32. The van der Waals surface area contributed by atoms with Gasteiger partial charge < -0.3 is 10.4 Å². The van der Waals surface area contributed by atoms with Crippen LogP contribution in [0.15, 0.2) is 18.2 Å². The lowest BCUT2D eigenvalue weighted by Crippen LogP contribution is -2.31. The Morgan fingerprint density at radius 2 is 1.96 bits per heavy atom. The molecule has 1 aliphatic heterocycles. The first-order valence-corrected chi connectivity index (χ1v) is 10.3. The van der Waals surface area contributed by atoms with E-state index in [1.807, 2.05) is 0 Å². The van der Waals surface area contributed by atoms with Gasteiger partial charge in [0, 0.05) is 23.7 Å². The van der Waals surface area contributed by atoms with Gasteiger partial charge in [0.05, 0.1) is 17.9 Å². The molecule has 7 nitrogen and oxygen atoms in total. The first-order valence-electron chi connectivity index (χ1n) is 8.40. The monoisotopic (exact) mass is 366 g/mol. The Bertz CT molecular complexity index is 805. The van der Waals surface area contributed by atoms with Crippen molar-refractivity contribution < 1.29 is 23.1 Å². The van der Waals surface area contributed by atoms with Crippen LogP contribution in [0, 0.1) is 11.8 Å². The van der Waals surface area contributed by atoms with Crippen molar-refractivity contribution in [1.82, 2.24) is 0 Å². The maximum Gasteiger partial charge on any atom is 0.306 e. The van der Waals surface area contributed by atoms with E-state index in [1.54, 1.807) is 18.2 Å². The number of carboxylic acid groups (broad SMARTS) is 1. The number of sulfonamides is 1. The van der Waals surface area contributed by atoms with Crippen LogP contribution in [0.4, 0.5) is 11.4 Å².